The number of hydrogen-bond donors (Lipinski definition) is 1. The van der Waals surface area contributed by atoms with Crippen molar-refractivity contribution in [3.63, 3.8) is 0 Å². The summed E-state index contributed by atoms with van der Waals surface area (Å²) in [5, 5.41) is 0. The van der Waals surface area contributed by atoms with E-state index < -0.39 is 0 Å². The van der Waals surface area contributed by atoms with Gasteiger partial charge in [0, 0.05) is 11.6 Å². The fraction of sp³-hybridized carbons (Fsp3) is 0.133. The Bertz CT molecular complexity index is 1770. The van der Waals surface area contributed by atoms with Gasteiger partial charge in [-0.1, -0.05) is 30.3 Å². The summed E-state index contributed by atoms with van der Waals surface area (Å²) in [6, 6.07) is 17.8. The van der Waals surface area contributed by atoms with E-state index in [1.807, 2.05) is 78.9 Å². The molecular weight excluding hydrogens is 536 g/mol. The minimum Gasteiger partial charge on any atom is -0.494 e. The Morgan fingerprint density at radius 1 is 0.692 bits per heavy atom. The summed E-state index contributed by atoms with van der Waals surface area (Å²) in [6.45, 7) is 0. The van der Waals surface area contributed by atoms with E-state index in [4.69, 9.17) is 29.0 Å². The number of aromatic amines is 1. The molecule has 2 aliphatic heterocycles. The van der Waals surface area contributed by atoms with Crippen molar-refractivity contribution in [2.45, 2.75) is 0 Å². The number of benzene rings is 1. The van der Waals surface area contributed by atoms with Gasteiger partial charge in [0.25, 0.3) is 0 Å². The normalized spacial score (nSPS) is 11.7. The SMILES string of the molecule is COc1cc2cc3nc(cc4nc(cc5c(-c6ccccc6)c(OC)c(c(OC)c1[nH]2)n5OC)C=C4)C=C3.[Fe+3]. The average Bonchev–Trinajstić information content (AvgIpc) is 3.72. The van der Waals surface area contributed by atoms with Crippen molar-refractivity contribution in [3.8, 4) is 28.4 Å². The molecule has 8 nitrogen and oxygen atoms in total. The molecule has 0 amide bonds. The topological polar surface area (TPSA) is 83.4 Å². The third-order valence-corrected chi connectivity index (χ3v) is 6.49. The number of H-pyrrole nitrogens is 1. The van der Waals surface area contributed by atoms with Crippen LogP contribution in [0.3, 0.4) is 0 Å². The molecule has 5 heterocycles. The number of hydrogen-bond acceptors (Lipinski definition) is 6. The molecule has 6 rings (SSSR count). The van der Waals surface area contributed by atoms with E-state index in [9.17, 15) is 0 Å². The fourth-order valence-electron chi connectivity index (χ4n) is 4.89. The monoisotopic (exact) mass is 562 g/mol. The minimum atomic E-state index is 0. The zero-order valence-corrected chi connectivity index (χ0v) is 22.9. The van der Waals surface area contributed by atoms with E-state index in [0.29, 0.717) is 28.3 Å². The van der Waals surface area contributed by atoms with Crippen molar-refractivity contribution in [1.82, 2.24) is 19.7 Å². The number of nitrogens with zero attached hydrogens (tertiary/aromatic N) is 3. The number of nitrogens with one attached hydrogen (secondary N) is 1. The molecular formula is C30H26FeN4O4+3. The maximum atomic E-state index is 6.06. The molecule has 2 aliphatic rings. The van der Waals surface area contributed by atoms with Crippen LogP contribution in [0, 0.1) is 0 Å². The van der Waals surface area contributed by atoms with E-state index in [2.05, 4.69) is 4.98 Å². The average molecular weight is 562 g/mol. The first-order valence-electron chi connectivity index (χ1n) is 12.1. The first-order valence-corrected chi connectivity index (χ1v) is 12.1. The van der Waals surface area contributed by atoms with Crippen LogP contribution in [0.2, 0.25) is 0 Å². The van der Waals surface area contributed by atoms with Crippen molar-refractivity contribution in [2.75, 3.05) is 28.4 Å². The minimum absolute atomic E-state index is 0. The second-order valence-electron chi connectivity index (χ2n) is 8.71. The van der Waals surface area contributed by atoms with E-state index in [1.54, 1.807) is 33.2 Å². The fourth-order valence-corrected chi connectivity index (χ4v) is 4.89. The van der Waals surface area contributed by atoms with E-state index in [0.717, 1.165) is 44.9 Å². The Morgan fingerprint density at radius 3 is 1.90 bits per heavy atom. The molecule has 39 heavy (non-hydrogen) atoms. The van der Waals surface area contributed by atoms with Crippen LogP contribution in [-0.4, -0.2) is 48.1 Å². The van der Waals surface area contributed by atoms with Gasteiger partial charge in [-0.25, -0.2) is 9.97 Å². The molecule has 0 unspecified atom stereocenters. The Kier molecular flexibility index (Phi) is 7.19. The molecule has 9 heteroatoms. The molecule has 0 saturated carbocycles. The Hall–Kier alpha value is -4.46. The van der Waals surface area contributed by atoms with Crippen molar-refractivity contribution >= 4 is 46.4 Å². The smallest absolute Gasteiger partial charge is 0.494 e. The van der Waals surface area contributed by atoms with Gasteiger partial charge in [-0.3, -0.25) is 0 Å². The number of aromatic nitrogens is 4. The second-order valence-corrected chi connectivity index (χ2v) is 8.71. The van der Waals surface area contributed by atoms with Gasteiger partial charge >= 0.3 is 17.1 Å². The van der Waals surface area contributed by atoms with Gasteiger partial charge < -0.3 is 24.0 Å². The molecule has 0 aliphatic carbocycles. The summed E-state index contributed by atoms with van der Waals surface area (Å²) in [5.41, 5.74) is 7.80. The molecule has 0 spiro atoms. The molecule has 0 fully saturated rings. The van der Waals surface area contributed by atoms with Crippen molar-refractivity contribution < 1.29 is 36.1 Å². The van der Waals surface area contributed by atoms with Crippen molar-refractivity contribution in [2.24, 2.45) is 0 Å². The number of ether oxygens (including phenoxy) is 3. The standard InChI is InChI=1S/C30H26N4O4.Fe/c1-35-25-17-23-15-21-11-10-19(31-21)14-20-12-13-22(32-20)16-24-26(18-8-6-5-7-9-18)29(36-2)28(34(24)38-4)30(37-3)27(25)33-23;/h5-17,33H,1-4H3;/q;+3. The molecule has 8 bridgehead atoms. The van der Waals surface area contributed by atoms with Gasteiger partial charge in [0.05, 0.1) is 55.2 Å². The number of methoxy groups -OCH3 is 3. The van der Waals surface area contributed by atoms with Crippen LogP contribution in [-0.2, 0) is 17.1 Å². The number of fused-ring (bicyclic) bond motifs is 8. The van der Waals surface area contributed by atoms with Crippen LogP contribution in [0.1, 0.15) is 22.8 Å². The molecule has 0 atom stereocenters. The third kappa shape index (κ3) is 4.56. The van der Waals surface area contributed by atoms with Gasteiger partial charge in [0.2, 0.25) is 0 Å². The summed E-state index contributed by atoms with van der Waals surface area (Å²) in [5.74, 6) is 1.69. The summed E-state index contributed by atoms with van der Waals surface area (Å²) < 4.78 is 19.5. The molecule has 1 N–H and O–H groups in total. The van der Waals surface area contributed by atoms with Crippen LogP contribution in [0.5, 0.6) is 17.2 Å². The Labute approximate surface area is 236 Å². The third-order valence-electron chi connectivity index (χ3n) is 6.49. The maximum absolute atomic E-state index is 6.06. The van der Waals surface area contributed by atoms with Crippen LogP contribution in [0.25, 0.3) is 57.5 Å². The van der Waals surface area contributed by atoms with E-state index >= 15 is 0 Å². The van der Waals surface area contributed by atoms with Crippen LogP contribution >= 0.6 is 0 Å². The first-order chi connectivity index (χ1) is 18.6. The summed E-state index contributed by atoms with van der Waals surface area (Å²) in [7, 11) is 6.49. The van der Waals surface area contributed by atoms with Crippen LogP contribution in [0.15, 0.2) is 54.6 Å². The summed E-state index contributed by atoms with van der Waals surface area (Å²) in [4.78, 5) is 19.0. The predicted octanol–water partition coefficient (Wildman–Crippen LogP) is 5.88. The van der Waals surface area contributed by atoms with Gasteiger partial charge in [0.15, 0.2) is 17.0 Å². The molecule has 4 aromatic rings. The Morgan fingerprint density at radius 2 is 1.31 bits per heavy atom. The molecule has 3 aromatic heterocycles. The zero-order chi connectivity index (χ0) is 26.2. The maximum Gasteiger partial charge on any atom is 3.00 e. The van der Waals surface area contributed by atoms with Crippen LogP contribution < -0.4 is 19.0 Å². The van der Waals surface area contributed by atoms with Crippen molar-refractivity contribution in [1.29, 1.82) is 0 Å². The van der Waals surface area contributed by atoms with Crippen LogP contribution in [0.4, 0.5) is 0 Å². The van der Waals surface area contributed by atoms with Gasteiger partial charge in [-0.2, -0.15) is 4.73 Å². The summed E-state index contributed by atoms with van der Waals surface area (Å²) >= 11 is 0. The molecule has 0 saturated heterocycles. The van der Waals surface area contributed by atoms with E-state index in [-0.39, 0.29) is 17.1 Å². The second kappa shape index (κ2) is 10.7. The first kappa shape index (κ1) is 26.2. The quantitative estimate of drug-likeness (QED) is 0.265. The van der Waals surface area contributed by atoms with Gasteiger partial charge in [0.1, 0.15) is 18.4 Å². The van der Waals surface area contributed by atoms with Gasteiger partial charge in [-0.15, -0.1) is 0 Å². The largest absolute Gasteiger partial charge is 3.00 e. The molecule has 1 aromatic carbocycles. The predicted molar refractivity (Wildman–Crippen MR) is 150 cm³/mol. The molecule has 1 radical (unpaired) electrons. The number of rotatable bonds is 5. The van der Waals surface area contributed by atoms with Crippen molar-refractivity contribution in [3.05, 3.63) is 77.4 Å². The Balaban J connectivity index is 0.00000308. The van der Waals surface area contributed by atoms with E-state index in [1.165, 1.54) is 0 Å². The van der Waals surface area contributed by atoms with Gasteiger partial charge in [-0.05, 0) is 48.1 Å². The zero-order valence-electron chi connectivity index (χ0n) is 21.8. The summed E-state index contributed by atoms with van der Waals surface area (Å²) in [6.07, 6.45) is 7.87. The molecule has 195 valence electrons.